The molecule has 11 heteroatoms. The van der Waals surface area contributed by atoms with Crippen LogP contribution in [0.4, 0.5) is 0 Å². The van der Waals surface area contributed by atoms with Crippen LogP contribution in [0.5, 0.6) is 46.0 Å². The normalized spacial score (nSPS) is 19.1. The van der Waals surface area contributed by atoms with Crippen LogP contribution in [0, 0.1) is 0 Å². The van der Waals surface area contributed by atoms with Crippen LogP contribution >= 0.6 is 0 Å². The van der Waals surface area contributed by atoms with Crippen LogP contribution in [0.15, 0.2) is 82.8 Å². The quantitative estimate of drug-likeness (QED) is 0.190. The van der Waals surface area contributed by atoms with E-state index in [4.69, 9.17) is 19.5 Å². The van der Waals surface area contributed by atoms with Gasteiger partial charge in [0.25, 0.3) is 0 Å². The Balaban J connectivity index is 0.00000368. The van der Waals surface area contributed by atoms with Gasteiger partial charge in [-0.25, -0.2) is 0 Å². The molecule has 4 aromatic carbocycles. The molecule has 4 N–H and O–H groups in total. The SMILES string of the molecule is [Cu+2].[O-]c1cc(O)cc2c1C(=NCCN=C1CC(c3ccc(O)cc3)Oc3cc(O)cc([O-])c31)CC(c1ccc(O)cc1)O2. The molecule has 0 aromatic heterocycles. The number of phenols is 4. The van der Waals surface area contributed by atoms with Crippen molar-refractivity contribution in [3.05, 3.63) is 95.1 Å². The number of benzene rings is 4. The van der Waals surface area contributed by atoms with Crippen molar-refractivity contribution in [3.8, 4) is 46.0 Å². The van der Waals surface area contributed by atoms with Gasteiger partial charge < -0.3 is 40.1 Å². The molecule has 6 rings (SSSR count). The zero-order valence-corrected chi connectivity index (χ0v) is 23.5. The smallest absolute Gasteiger partial charge is 0.872 e. The van der Waals surface area contributed by atoms with Gasteiger partial charge in [-0.3, -0.25) is 9.98 Å². The number of aliphatic imine (C=N–C) groups is 2. The van der Waals surface area contributed by atoms with Crippen molar-refractivity contribution in [2.45, 2.75) is 25.0 Å². The molecule has 0 amide bonds. The molecule has 0 fully saturated rings. The molecule has 0 saturated carbocycles. The molecule has 2 aliphatic rings. The maximum atomic E-state index is 12.8. The molecule has 223 valence electrons. The van der Waals surface area contributed by atoms with Crippen LogP contribution in [-0.4, -0.2) is 44.9 Å². The Bertz CT molecular complexity index is 1580. The second kappa shape index (κ2) is 12.2. The van der Waals surface area contributed by atoms with Crippen molar-refractivity contribution in [2.24, 2.45) is 9.98 Å². The molecule has 10 nitrogen and oxygen atoms in total. The van der Waals surface area contributed by atoms with Crippen molar-refractivity contribution < 1.29 is 57.2 Å². The van der Waals surface area contributed by atoms with Gasteiger partial charge in [0.15, 0.2) is 0 Å². The van der Waals surface area contributed by atoms with Crippen molar-refractivity contribution in [1.82, 2.24) is 0 Å². The predicted octanol–water partition coefficient (Wildman–Crippen LogP) is 3.98. The van der Waals surface area contributed by atoms with Gasteiger partial charge >= 0.3 is 17.1 Å². The molecule has 0 spiro atoms. The Kier molecular flexibility index (Phi) is 8.38. The van der Waals surface area contributed by atoms with Crippen LogP contribution in [0.3, 0.4) is 0 Å². The summed E-state index contributed by atoms with van der Waals surface area (Å²) in [4.78, 5) is 9.39. The minimum absolute atomic E-state index is 0. The summed E-state index contributed by atoms with van der Waals surface area (Å²) in [6.07, 6.45) is -0.405. The first-order valence-electron chi connectivity index (χ1n) is 13.3. The fraction of sp³-hybridized carbons (Fsp3) is 0.188. The molecule has 2 unspecified atom stereocenters. The first-order chi connectivity index (χ1) is 20.2. The van der Waals surface area contributed by atoms with Crippen LogP contribution in [0.2, 0.25) is 0 Å². The van der Waals surface area contributed by atoms with Crippen molar-refractivity contribution >= 4 is 11.4 Å². The Morgan fingerprint density at radius 3 is 1.33 bits per heavy atom. The maximum absolute atomic E-state index is 12.8. The van der Waals surface area contributed by atoms with E-state index in [0.29, 0.717) is 11.4 Å². The Morgan fingerprint density at radius 2 is 0.953 bits per heavy atom. The van der Waals surface area contributed by atoms with Gasteiger partial charge in [-0.1, -0.05) is 35.8 Å². The second-order valence-electron chi connectivity index (χ2n) is 10.1. The molecule has 0 saturated heterocycles. The topological polar surface area (TPSA) is 170 Å². The summed E-state index contributed by atoms with van der Waals surface area (Å²) in [7, 11) is 0. The average molecular weight is 630 g/mol. The van der Waals surface area contributed by atoms with Crippen LogP contribution in [0.25, 0.3) is 0 Å². The molecule has 0 bridgehead atoms. The summed E-state index contributed by atoms with van der Waals surface area (Å²) in [5.41, 5.74) is 3.10. The van der Waals surface area contributed by atoms with Crippen molar-refractivity contribution in [1.29, 1.82) is 0 Å². The maximum Gasteiger partial charge on any atom is 2.00 e. The first kappa shape index (κ1) is 29.6. The van der Waals surface area contributed by atoms with Crippen molar-refractivity contribution in [3.63, 3.8) is 0 Å². The molecule has 2 atom stereocenters. The number of ether oxygens (including phenoxy) is 2. The van der Waals surface area contributed by atoms with E-state index in [1.54, 1.807) is 48.5 Å². The summed E-state index contributed by atoms with van der Waals surface area (Å²) >= 11 is 0. The Labute approximate surface area is 257 Å². The second-order valence-corrected chi connectivity index (χ2v) is 10.1. The zero-order chi connectivity index (χ0) is 29.4. The number of phenolic OH excluding ortho intramolecular Hbond substituents is 4. The third-order valence-electron chi connectivity index (χ3n) is 7.21. The van der Waals surface area contributed by atoms with Crippen LogP contribution in [0.1, 0.15) is 47.3 Å². The van der Waals surface area contributed by atoms with E-state index in [1.807, 2.05) is 0 Å². The van der Waals surface area contributed by atoms with Gasteiger partial charge in [0.05, 0.1) is 13.1 Å². The summed E-state index contributed by atoms with van der Waals surface area (Å²) in [6, 6.07) is 18.1. The van der Waals surface area contributed by atoms with E-state index >= 15 is 0 Å². The number of hydrogen-bond donors (Lipinski definition) is 4. The van der Waals surface area contributed by atoms with E-state index in [9.17, 15) is 30.6 Å². The van der Waals surface area contributed by atoms with E-state index in [0.717, 1.165) is 23.3 Å². The monoisotopic (exact) mass is 629 g/mol. The summed E-state index contributed by atoms with van der Waals surface area (Å²) in [5, 5.41) is 64.9. The Morgan fingerprint density at radius 1 is 0.581 bits per heavy atom. The van der Waals surface area contributed by atoms with Gasteiger partial charge in [-0.05, 0) is 47.5 Å². The molecule has 1 radical (unpaired) electrons. The largest absolute Gasteiger partial charge is 2.00 e. The predicted molar refractivity (Wildman–Crippen MR) is 150 cm³/mol. The Hall–Kier alpha value is -4.86. The zero-order valence-electron chi connectivity index (χ0n) is 22.5. The number of rotatable bonds is 5. The molecule has 2 aliphatic heterocycles. The summed E-state index contributed by atoms with van der Waals surface area (Å²) in [6.45, 7) is 0.403. The molecule has 0 aliphatic carbocycles. The van der Waals surface area contributed by atoms with Gasteiger partial charge in [0.1, 0.15) is 46.7 Å². The van der Waals surface area contributed by atoms with Gasteiger partial charge in [-0.2, -0.15) is 0 Å². The minimum Gasteiger partial charge on any atom is -0.872 e. The van der Waals surface area contributed by atoms with E-state index in [2.05, 4.69) is 0 Å². The van der Waals surface area contributed by atoms with Gasteiger partial charge in [0, 0.05) is 47.5 Å². The number of hydrogen-bond acceptors (Lipinski definition) is 10. The number of nitrogens with zero attached hydrogens (tertiary/aromatic N) is 2. The number of fused-ring (bicyclic) bond motifs is 2. The fourth-order valence-electron chi connectivity index (χ4n) is 5.26. The van der Waals surface area contributed by atoms with Gasteiger partial charge in [-0.15, -0.1) is 0 Å². The third kappa shape index (κ3) is 6.18. The van der Waals surface area contributed by atoms with Crippen LogP contribution in [-0.2, 0) is 17.1 Å². The van der Waals surface area contributed by atoms with Crippen molar-refractivity contribution in [2.75, 3.05) is 13.1 Å². The first-order valence-corrected chi connectivity index (χ1v) is 13.3. The fourth-order valence-corrected chi connectivity index (χ4v) is 5.26. The minimum atomic E-state index is -0.492. The van der Waals surface area contributed by atoms with Gasteiger partial charge in [0.2, 0.25) is 0 Å². The third-order valence-corrected chi connectivity index (χ3v) is 7.21. The molecule has 2 heterocycles. The summed E-state index contributed by atoms with van der Waals surface area (Å²) < 4.78 is 12.1. The molecule has 43 heavy (non-hydrogen) atoms. The molecular formula is C32H26CuN2O8. The van der Waals surface area contributed by atoms with E-state index in [1.165, 1.54) is 12.1 Å². The number of aromatic hydroxyl groups is 4. The van der Waals surface area contributed by atoms with E-state index < -0.39 is 23.7 Å². The van der Waals surface area contributed by atoms with E-state index in [-0.39, 0.29) is 88.6 Å². The standard InChI is InChI=1S/C32H28N2O8.Cu/c35-19-5-1-17(2-6-19)27-15-23(31-25(39)11-21(37)13-29(31)41-27)33-9-10-34-24-16-28(18-3-7-20(36)8-4-18)42-30-14-22(38)12-26(40)32(24)30;/h1-8,11-14,27-28,35-40H,9-10,15-16H2;/q;+2/p-2. The summed E-state index contributed by atoms with van der Waals surface area (Å²) in [5.74, 6) is -0.577. The van der Waals surface area contributed by atoms with Crippen LogP contribution < -0.4 is 19.7 Å². The molecular weight excluding hydrogens is 604 g/mol. The average Bonchev–Trinajstić information content (AvgIpc) is 2.95. The molecule has 4 aromatic rings.